The molecule has 6 nitrogen and oxygen atoms in total. The SMILES string of the molecule is CCOC1=CC(=[N+]=[N-])C(OCC)C=C1Nc1ccc(OCC)cc1. The molecule has 1 aliphatic carbocycles. The highest BCUT2D eigenvalue weighted by molar-refractivity contribution is 5.98. The topological polar surface area (TPSA) is 76.1 Å². The summed E-state index contributed by atoms with van der Waals surface area (Å²) >= 11 is 0. The molecule has 0 heterocycles. The second-order valence-corrected chi connectivity index (χ2v) is 5.01. The van der Waals surface area contributed by atoms with E-state index >= 15 is 0 Å². The van der Waals surface area contributed by atoms with Crippen molar-refractivity contribution in [3.05, 3.63) is 53.4 Å². The van der Waals surface area contributed by atoms with Gasteiger partial charge in [0.1, 0.15) is 11.5 Å². The van der Waals surface area contributed by atoms with Gasteiger partial charge in [0.15, 0.2) is 6.10 Å². The van der Waals surface area contributed by atoms with E-state index in [0.29, 0.717) is 31.3 Å². The monoisotopic (exact) mass is 329 g/mol. The number of anilines is 1. The summed E-state index contributed by atoms with van der Waals surface area (Å²) < 4.78 is 16.7. The van der Waals surface area contributed by atoms with Gasteiger partial charge in [0, 0.05) is 12.3 Å². The highest BCUT2D eigenvalue weighted by atomic mass is 16.5. The molecule has 0 saturated heterocycles. The van der Waals surface area contributed by atoms with Crippen LogP contribution in [0.15, 0.2) is 47.9 Å². The van der Waals surface area contributed by atoms with E-state index in [9.17, 15) is 5.53 Å². The Balaban J connectivity index is 2.23. The third-order valence-corrected chi connectivity index (χ3v) is 3.36. The van der Waals surface area contributed by atoms with Crippen LogP contribution in [-0.2, 0) is 9.47 Å². The van der Waals surface area contributed by atoms with Gasteiger partial charge in [-0.1, -0.05) is 0 Å². The van der Waals surface area contributed by atoms with Crippen molar-refractivity contribution in [1.29, 1.82) is 0 Å². The molecule has 1 N–H and O–H groups in total. The van der Waals surface area contributed by atoms with E-state index in [-0.39, 0.29) is 0 Å². The molecule has 6 heteroatoms. The predicted molar refractivity (Wildman–Crippen MR) is 93.1 cm³/mol. The fourth-order valence-corrected chi connectivity index (χ4v) is 2.35. The molecule has 0 aromatic heterocycles. The second-order valence-electron chi connectivity index (χ2n) is 5.01. The van der Waals surface area contributed by atoms with Gasteiger partial charge in [0.2, 0.25) is 0 Å². The first kappa shape index (κ1) is 17.8. The molecule has 0 saturated carbocycles. The summed E-state index contributed by atoms with van der Waals surface area (Å²) in [6.45, 7) is 7.39. The van der Waals surface area contributed by atoms with Crippen LogP contribution in [0.25, 0.3) is 5.53 Å². The third kappa shape index (κ3) is 4.47. The Morgan fingerprint density at radius 1 is 1.04 bits per heavy atom. The Bertz CT molecular complexity index is 659. The minimum absolute atomic E-state index is 0.414. The number of rotatable bonds is 8. The van der Waals surface area contributed by atoms with Crippen LogP contribution in [0.4, 0.5) is 5.69 Å². The Hall–Kier alpha value is -2.56. The summed E-state index contributed by atoms with van der Waals surface area (Å²) in [7, 11) is 0. The standard InChI is InChI=1S/C18H23N3O3/c1-4-22-14-9-7-13(8-10-14)20-15-11-18(24-6-3)16(21-19)12-17(15)23-5-2/h7-12,18,20H,4-6H2,1-3H3. The normalized spacial score (nSPS) is 16.8. The highest BCUT2D eigenvalue weighted by Gasteiger charge is 2.28. The third-order valence-electron chi connectivity index (χ3n) is 3.36. The molecule has 0 amide bonds. The fourth-order valence-electron chi connectivity index (χ4n) is 2.35. The maximum atomic E-state index is 9.18. The fraction of sp³-hybridized carbons (Fsp3) is 0.389. The lowest BCUT2D eigenvalue weighted by Gasteiger charge is -2.20. The van der Waals surface area contributed by atoms with Crippen LogP contribution in [0.5, 0.6) is 5.75 Å². The molecule has 1 aliphatic rings. The Labute approximate surface area is 142 Å². The molecular weight excluding hydrogens is 306 g/mol. The van der Waals surface area contributed by atoms with Gasteiger partial charge >= 0.3 is 5.71 Å². The van der Waals surface area contributed by atoms with E-state index in [4.69, 9.17) is 14.2 Å². The van der Waals surface area contributed by atoms with E-state index in [0.717, 1.165) is 17.1 Å². The van der Waals surface area contributed by atoms with Crippen LogP contribution in [0.3, 0.4) is 0 Å². The largest absolute Gasteiger partial charge is 0.494 e. The molecule has 1 unspecified atom stereocenters. The predicted octanol–water partition coefficient (Wildman–Crippen LogP) is 3.39. The Kier molecular flexibility index (Phi) is 6.61. The Morgan fingerprint density at radius 3 is 2.33 bits per heavy atom. The number of nitrogens with zero attached hydrogens (tertiary/aromatic N) is 2. The van der Waals surface area contributed by atoms with Crippen molar-refractivity contribution in [2.75, 3.05) is 25.1 Å². The summed E-state index contributed by atoms with van der Waals surface area (Å²) in [4.78, 5) is 3.30. The van der Waals surface area contributed by atoms with Gasteiger partial charge in [-0.3, -0.25) is 0 Å². The minimum atomic E-state index is -0.422. The molecule has 1 atom stereocenters. The maximum absolute atomic E-state index is 9.18. The lowest BCUT2D eigenvalue weighted by molar-refractivity contribution is -0.0222. The summed E-state index contributed by atoms with van der Waals surface area (Å²) in [6, 6.07) is 7.67. The van der Waals surface area contributed by atoms with E-state index < -0.39 is 6.10 Å². The van der Waals surface area contributed by atoms with Crippen molar-refractivity contribution < 1.29 is 19.0 Å². The van der Waals surface area contributed by atoms with Gasteiger partial charge in [-0.05, 0) is 51.1 Å². The zero-order valence-electron chi connectivity index (χ0n) is 14.3. The molecule has 0 bridgehead atoms. The first-order chi connectivity index (χ1) is 11.7. The van der Waals surface area contributed by atoms with Crippen molar-refractivity contribution in [2.45, 2.75) is 26.9 Å². The molecule has 1 aromatic rings. The smallest absolute Gasteiger partial charge is 0.328 e. The summed E-state index contributed by atoms with van der Waals surface area (Å²) in [5, 5.41) is 3.31. The number of benzene rings is 1. The van der Waals surface area contributed by atoms with E-state index in [1.165, 1.54) is 0 Å². The first-order valence-corrected chi connectivity index (χ1v) is 8.11. The summed E-state index contributed by atoms with van der Waals surface area (Å²) in [5.41, 5.74) is 11.3. The van der Waals surface area contributed by atoms with Crippen LogP contribution >= 0.6 is 0 Å². The lowest BCUT2D eigenvalue weighted by Crippen LogP contribution is -2.28. The van der Waals surface area contributed by atoms with Crippen LogP contribution in [0, 0.1) is 0 Å². The van der Waals surface area contributed by atoms with Crippen LogP contribution < -0.4 is 10.1 Å². The van der Waals surface area contributed by atoms with Gasteiger partial charge < -0.3 is 25.1 Å². The molecule has 1 aromatic carbocycles. The minimum Gasteiger partial charge on any atom is -0.494 e. The van der Waals surface area contributed by atoms with Crippen LogP contribution in [-0.4, -0.2) is 36.4 Å². The van der Waals surface area contributed by atoms with Crippen LogP contribution in [0.2, 0.25) is 0 Å². The van der Waals surface area contributed by atoms with Gasteiger partial charge in [-0.15, -0.1) is 0 Å². The molecule has 0 spiro atoms. The molecule has 0 fully saturated rings. The van der Waals surface area contributed by atoms with Crippen LogP contribution in [0.1, 0.15) is 20.8 Å². The van der Waals surface area contributed by atoms with Crippen molar-refractivity contribution in [3.63, 3.8) is 0 Å². The van der Waals surface area contributed by atoms with E-state index in [2.05, 4.69) is 10.1 Å². The molecule has 128 valence electrons. The van der Waals surface area contributed by atoms with Crippen molar-refractivity contribution in [1.82, 2.24) is 0 Å². The molecule has 24 heavy (non-hydrogen) atoms. The lowest BCUT2D eigenvalue weighted by atomic mass is 10.0. The van der Waals surface area contributed by atoms with Crippen molar-refractivity contribution in [3.8, 4) is 5.75 Å². The quantitative estimate of drug-likeness (QED) is 0.586. The van der Waals surface area contributed by atoms with Gasteiger partial charge in [0.05, 0.1) is 25.0 Å². The van der Waals surface area contributed by atoms with E-state index in [1.807, 2.05) is 51.1 Å². The molecule has 2 rings (SSSR count). The number of ether oxygens (including phenoxy) is 3. The van der Waals surface area contributed by atoms with Crippen molar-refractivity contribution >= 4 is 11.4 Å². The highest BCUT2D eigenvalue weighted by Crippen LogP contribution is 2.24. The first-order valence-electron chi connectivity index (χ1n) is 8.11. The number of nitrogens with one attached hydrogen (secondary N) is 1. The Morgan fingerprint density at radius 2 is 1.75 bits per heavy atom. The van der Waals surface area contributed by atoms with Gasteiger partial charge in [-0.25, -0.2) is 0 Å². The number of hydrogen-bond acceptors (Lipinski definition) is 4. The molecule has 0 radical (unpaired) electrons. The average Bonchev–Trinajstić information content (AvgIpc) is 2.59. The second kappa shape index (κ2) is 8.91. The average molecular weight is 329 g/mol. The summed E-state index contributed by atoms with van der Waals surface area (Å²) in [5.74, 6) is 1.43. The zero-order chi connectivity index (χ0) is 17.4. The summed E-state index contributed by atoms with van der Waals surface area (Å²) in [6.07, 6.45) is 3.11. The van der Waals surface area contributed by atoms with Gasteiger partial charge in [0.25, 0.3) is 0 Å². The van der Waals surface area contributed by atoms with Gasteiger partial charge in [-0.2, -0.15) is 4.79 Å². The maximum Gasteiger partial charge on any atom is 0.328 e. The molecule has 0 aliphatic heterocycles. The number of hydrogen-bond donors (Lipinski definition) is 1. The molecular formula is C18H23N3O3. The zero-order valence-corrected chi connectivity index (χ0v) is 14.3. The van der Waals surface area contributed by atoms with Crippen molar-refractivity contribution in [2.24, 2.45) is 0 Å². The van der Waals surface area contributed by atoms with E-state index in [1.54, 1.807) is 6.08 Å².